The minimum absolute atomic E-state index is 0.255. The van der Waals surface area contributed by atoms with Gasteiger partial charge in [0.15, 0.2) is 0 Å². The number of carbonyl (C=O) groups is 1. The molecular formula is C14H19ClFN3O. The summed E-state index contributed by atoms with van der Waals surface area (Å²) < 4.78 is 13.7. The lowest BCUT2D eigenvalue weighted by molar-refractivity contribution is -0.123. The van der Waals surface area contributed by atoms with Crippen LogP contribution in [-0.2, 0) is 11.3 Å². The monoisotopic (exact) mass is 299 g/mol. The number of piperazine rings is 1. The first kappa shape index (κ1) is 15.2. The molecule has 110 valence electrons. The van der Waals surface area contributed by atoms with Gasteiger partial charge in [0, 0.05) is 43.3 Å². The van der Waals surface area contributed by atoms with Crippen LogP contribution in [0.2, 0.25) is 5.02 Å². The zero-order chi connectivity index (χ0) is 14.7. The molecular weight excluding hydrogens is 281 g/mol. The molecule has 0 spiro atoms. The van der Waals surface area contributed by atoms with Crippen molar-refractivity contribution in [3.63, 3.8) is 0 Å². The smallest absolute Gasteiger partial charge is 0.234 e. The predicted molar refractivity (Wildman–Crippen MR) is 76.9 cm³/mol. The Labute approximate surface area is 123 Å². The molecule has 0 radical (unpaired) electrons. The lowest BCUT2D eigenvalue weighted by Gasteiger charge is -2.37. The van der Waals surface area contributed by atoms with Crippen molar-refractivity contribution in [2.45, 2.75) is 19.5 Å². The topological polar surface area (TPSA) is 49.6 Å². The van der Waals surface area contributed by atoms with Gasteiger partial charge in [-0.2, -0.15) is 0 Å². The molecule has 0 aromatic heterocycles. The minimum atomic E-state index is -0.310. The quantitative estimate of drug-likeness (QED) is 0.916. The van der Waals surface area contributed by atoms with E-state index in [4.69, 9.17) is 17.3 Å². The van der Waals surface area contributed by atoms with E-state index in [1.54, 1.807) is 12.1 Å². The van der Waals surface area contributed by atoms with Crippen LogP contribution in [0.3, 0.4) is 0 Å². The number of nitrogens with two attached hydrogens (primary N) is 1. The normalized spacial score (nSPS) is 18.9. The number of benzene rings is 1. The predicted octanol–water partition coefficient (Wildman–Crippen LogP) is 1.47. The Hall–Kier alpha value is -1.17. The fraction of sp³-hybridized carbons (Fsp3) is 0.500. The maximum atomic E-state index is 13.7. The molecule has 1 aliphatic rings. The van der Waals surface area contributed by atoms with E-state index in [1.807, 2.05) is 11.8 Å². The SMILES string of the molecule is C[C@H](C(N)=O)N1CCN(Cc2c(F)cccc2Cl)CC1. The fourth-order valence-electron chi connectivity index (χ4n) is 2.40. The molecule has 1 atom stereocenters. The fourth-order valence-corrected chi connectivity index (χ4v) is 2.62. The second kappa shape index (κ2) is 6.52. The van der Waals surface area contributed by atoms with Crippen LogP contribution >= 0.6 is 11.6 Å². The largest absolute Gasteiger partial charge is 0.368 e. The Morgan fingerprint density at radius 2 is 2.05 bits per heavy atom. The molecule has 20 heavy (non-hydrogen) atoms. The first-order valence-electron chi connectivity index (χ1n) is 6.67. The van der Waals surface area contributed by atoms with E-state index in [0.29, 0.717) is 17.1 Å². The van der Waals surface area contributed by atoms with Crippen LogP contribution in [0.15, 0.2) is 18.2 Å². The molecule has 1 aromatic carbocycles. The van der Waals surface area contributed by atoms with Gasteiger partial charge < -0.3 is 5.73 Å². The van der Waals surface area contributed by atoms with Gasteiger partial charge in [0.25, 0.3) is 0 Å². The molecule has 1 aliphatic heterocycles. The Bertz CT molecular complexity index is 469. The van der Waals surface area contributed by atoms with Gasteiger partial charge >= 0.3 is 0 Å². The maximum absolute atomic E-state index is 13.7. The molecule has 4 nitrogen and oxygen atoms in total. The van der Waals surface area contributed by atoms with Crippen LogP contribution < -0.4 is 5.73 Å². The van der Waals surface area contributed by atoms with Crippen molar-refractivity contribution in [2.75, 3.05) is 26.2 Å². The molecule has 2 rings (SSSR count). The summed E-state index contributed by atoms with van der Waals surface area (Å²) in [6, 6.07) is 4.47. The number of rotatable bonds is 4. The summed E-state index contributed by atoms with van der Waals surface area (Å²) >= 11 is 6.03. The van der Waals surface area contributed by atoms with Crippen molar-refractivity contribution in [3.8, 4) is 0 Å². The molecule has 1 saturated heterocycles. The number of hydrogen-bond acceptors (Lipinski definition) is 3. The van der Waals surface area contributed by atoms with Crippen molar-refractivity contribution >= 4 is 17.5 Å². The van der Waals surface area contributed by atoms with Crippen molar-refractivity contribution in [3.05, 3.63) is 34.6 Å². The highest BCUT2D eigenvalue weighted by Crippen LogP contribution is 2.21. The van der Waals surface area contributed by atoms with Crippen LogP contribution in [0.4, 0.5) is 4.39 Å². The number of halogens is 2. The molecule has 1 fully saturated rings. The number of amides is 1. The zero-order valence-corrected chi connectivity index (χ0v) is 12.2. The van der Waals surface area contributed by atoms with E-state index in [9.17, 15) is 9.18 Å². The van der Waals surface area contributed by atoms with E-state index in [2.05, 4.69) is 4.90 Å². The summed E-state index contributed by atoms with van der Waals surface area (Å²) in [6.45, 7) is 5.33. The molecule has 0 unspecified atom stereocenters. The molecule has 0 bridgehead atoms. The number of carbonyl (C=O) groups excluding carboxylic acids is 1. The number of hydrogen-bond donors (Lipinski definition) is 1. The molecule has 1 heterocycles. The summed E-state index contributed by atoms with van der Waals surface area (Å²) in [6.07, 6.45) is 0. The lowest BCUT2D eigenvalue weighted by Crippen LogP contribution is -2.52. The van der Waals surface area contributed by atoms with E-state index in [0.717, 1.165) is 26.2 Å². The first-order valence-corrected chi connectivity index (χ1v) is 7.05. The third kappa shape index (κ3) is 3.48. The van der Waals surface area contributed by atoms with E-state index in [-0.39, 0.29) is 17.8 Å². The van der Waals surface area contributed by atoms with Crippen LogP contribution in [-0.4, -0.2) is 47.9 Å². The Morgan fingerprint density at radius 3 is 2.60 bits per heavy atom. The first-order chi connectivity index (χ1) is 9.49. The standard InChI is InChI=1S/C14H19ClFN3O/c1-10(14(17)20)19-7-5-18(6-8-19)9-11-12(15)3-2-4-13(11)16/h2-4,10H,5-9H2,1H3,(H2,17,20)/t10-/m1/s1. The highest BCUT2D eigenvalue weighted by atomic mass is 35.5. The maximum Gasteiger partial charge on any atom is 0.234 e. The molecule has 0 saturated carbocycles. The van der Waals surface area contributed by atoms with Gasteiger partial charge in [0.2, 0.25) is 5.91 Å². The molecule has 1 amide bonds. The van der Waals surface area contributed by atoms with Crippen LogP contribution in [0.1, 0.15) is 12.5 Å². The van der Waals surface area contributed by atoms with Gasteiger partial charge in [0.05, 0.1) is 6.04 Å². The van der Waals surface area contributed by atoms with Crippen LogP contribution in [0.5, 0.6) is 0 Å². The summed E-state index contributed by atoms with van der Waals surface area (Å²) in [5.41, 5.74) is 5.84. The van der Waals surface area contributed by atoms with Crippen molar-refractivity contribution in [2.24, 2.45) is 5.73 Å². The van der Waals surface area contributed by atoms with Gasteiger partial charge in [0.1, 0.15) is 5.82 Å². The van der Waals surface area contributed by atoms with Crippen molar-refractivity contribution in [1.82, 2.24) is 9.80 Å². The van der Waals surface area contributed by atoms with Crippen molar-refractivity contribution < 1.29 is 9.18 Å². The Balaban J connectivity index is 1.93. The van der Waals surface area contributed by atoms with Gasteiger partial charge in [-0.15, -0.1) is 0 Å². The average Bonchev–Trinajstić information content (AvgIpc) is 2.43. The van der Waals surface area contributed by atoms with E-state index < -0.39 is 0 Å². The second-order valence-corrected chi connectivity index (χ2v) is 5.50. The summed E-state index contributed by atoms with van der Waals surface area (Å²) in [7, 11) is 0. The van der Waals surface area contributed by atoms with E-state index >= 15 is 0 Å². The highest BCUT2D eigenvalue weighted by molar-refractivity contribution is 6.31. The zero-order valence-electron chi connectivity index (χ0n) is 11.5. The Kier molecular flexibility index (Phi) is 4.96. The van der Waals surface area contributed by atoms with Gasteiger partial charge in [-0.25, -0.2) is 4.39 Å². The molecule has 1 aromatic rings. The number of nitrogens with zero attached hydrogens (tertiary/aromatic N) is 2. The van der Waals surface area contributed by atoms with E-state index in [1.165, 1.54) is 6.07 Å². The van der Waals surface area contributed by atoms with Gasteiger partial charge in [-0.3, -0.25) is 14.6 Å². The van der Waals surface area contributed by atoms with Gasteiger partial charge in [-0.1, -0.05) is 17.7 Å². The van der Waals surface area contributed by atoms with Crippen molar-refractivity contribution in [1.29, 1.82) is 0 Å². The summed E-state index contributed by atoms with van der Waals surface area (Å²) in [5.74, 6) is -0.582. The lowest BCUT2D eigenvalue weighted by atomic mass is 10.1. The third-order valence-electron chi connectivity index (χ3n) is 3.81. The summed E-state index contributed by atoms with van der Waals surface area (Å²) in [5, 5.41) is 0.456. The number of primary amides is 1. The van der Waals surface area contributed by atoms with Crippen LogP contribution in [0, 0.1) is 5.82 Å². The van der Waals surface area contributed by atoms with Gasteiger partial charge in [-0.05, 0) is 19.1 Å². The minimum Gasteiger partial charge on any atom is -0.368 e. The highest BCUT2D eigenvalue weighted by Gasteiger charge is 2.24. The second-order valence-electron chi connectivity index (χ2n) is 5.09. The third-order valence-corrected chi connectivity index (χ3v) is 4.16. The molecule has 2 N–H and O–H groups in total. The summed E-state index contributed by atoms with van der Waals surface area (Å²) in [4.78, 5) is 15.3. The molecule has 6 heteroatoms. The molecule has 0 aliphatic carbocycles. The average molecular weight is 300 g/mol. The van der Waals surface area contributed by atoms with Crippen LogP contribution in [0.25, 0.3) is 0 Å². The Morgan fingerprint density at radius 1 is 1.40 bits per heavy atom.